The van der Waals surface area contributed by atoms with Crippen LogP contribution in [0.15, 0.2) is 11.4 Å². The molecule has 1 heterocycles. The molecule has 1 aliphatic carbocycles. The molecule has 84 valence electrons. The van der Waals surface area contributed by atoms with E-state index in [1.807, 2.05) is 0 Å². The average molecular weight is 224 g/mol. The Morgan fingerprint density at radius 3 is 2.53 bits per heavy atom. The Bertz CT molecular complexity index is 310. The first kappa shape index (κ1) is 11.2. The van der Waals surface area contributed by atoms with Gasteiger partial charge in [0.05, 0.1) is 6.10 Å². The number of aliphatic hydroxyl groups is 1. The molecule has 1 fully saturated rings. The minimum Gasteiger partial charge on any atom is -0.388 e. The predicted molar refractivity (Wildman–Crippen MR) is 65.1 cm³/mol. The van der Waals surface area contributed by atoms with Crippen molar-refractivity contribution in [1.29, 1.82) is 0 Å². The maximum absolute atomic E-state index is 10.3. The lowest BCUT2D eigenvalue weighted by atomic mass is 9.79. The summed E-state index contributed by atoms with van der Waals surface area (Å²) in [5, 5.41) is 12.4. The smallest absolute Gasteiger partial charge is 0.0826 e. The highest BCUT2D eigenvalue weighted by atomic mass is 32.1. The first-order valence-electron chi connectivity index (χ1n) is 5.90. The van der Waals surface area contributed by atoms with Gasteiger partial charge in [-0.3, -0.25) is 0 Å². The highest BCUT2D eigenvalue weighted by molar-refractivity contribution is 7.10. The third-order valence-electron chi connectivity index (χ3n) is 3.60. The summed E-state index contributed by atoms with van der Waals surface area (Å²) in [6.07, 6.45) is 4.73. The van der Waals surface area contributed by atoms with Gasteiger partial charge in [0.2, 0.25) is 0 Å². The van der Waals surface area contributed by atoms with Crippen LogP contribution >= 0.6 is 11.3 Å². The van der Waals surface area contributed by atoms with Crippen LogP contribution in [0.4, 0.5) is 0 Å². The molecule has 1 aromatic rings. The molecule has 1 N–H and O–H groups in total. The molecule has 1 aliphatic rings. The number of hydrogen-bond acceptors (Lipinski definition) is 2. The van der Waals surface area contributed by atoms with Gasteiger partial charge in [-0.1, -0.05) is 19.8 Å². The third kappa shape index (κ3) is 2.61. The molecule has 1 unspecified atom stereocenters. The predicted octanol–water partition coefficient (Wildman–Crippen LogP) is 3.92. The van der Waals surface area contributed by atoms with Gasteiger partial charge in [0.15, 0.2) is 0 Å². The van der Waals surface area contributed by atoms with Crippen molar-refractivity contribution < 1.29 is 5.11 Å². The summed E-state index contributed by atoms with van der Waals surface area (Å²) in [6.45, 7) is 4.42. The van der Waals surface area contributed by atoms with Crippen LogP contribution in [0.3, 0.4) is 0 Å². The second-order valence-electron chi connectivity index (χ2n) is 4.96. The van der Waals surface area contributed by atoms with Crippen LogP contribution in [0.5, 0.6) is 0 Å². The zero-order chi connectivity index (χ0) is 10.8. The summed E-state index contributed by atoms with van der Waals surface area (Å²) in [5.74, 6) is 1.35. The maximum Gasteiger partial charge on any atom is 0.0826 e. The van der Waals surface area contributed by atoms with Crippen LogP contribution in [0, 0.1) is 18.8 Å². The van der Waals surface area contributed by atoms with E-state index < -0.39 is 0 Å². The Morgan fingerprint density at radius 2 is 2.00 bits per heavy atom. The number of rotatable bonds is 2. The van der Waals surface area contributed by atoms with Crippen molar-refractivity contribution in [3.05, 3.63) is 21.9 Å². The second-order valence-corrected chi connectivity index (χ2v) is 6.07. The molecule has 1 saturated carbocycles. The molecule has 0 radical (unpaired) electrons. The largest absolute Gasteiger partial charge is 0.388 e. The maximum atomic E-state index is 10.3. The molecule has 0 amide bonds. The van der Waals surface area contributed by atoms with Crippen molar-refractivity contribution in [3.8, 4) is 0 Å². The fraction of sp³-hybridized carbons (Fsp3) is 0.692. The second kappa shape index (κ2) is 4.67. The number of aliphatic hydroxyl groups excluding tert-OH is 1. The molecule has 1 atom stereocenters. The van der Waals surface area contributed by atoms with Crippen LogP contribution in [0.25, 0.3) is 0 Å². The van der Waals surface area contributed by atoms with E-state index in [9.17, 15) is 5.11 Å². The highest BCUT2D eigenvalue weighted by Gasteiger charge is 2.25. The molecule has 0 aliphatic heterocycles. The van der Waals surface area contributed by atoms with Gasteiger partial charge in [-0.2, -0.15) is 0 Å². The minimum absolute atomic E-state index is 0.220. The molecule has 15 heavy (non-hydrogen) atoms. The van der Waals surface area contributed by atoms with Crippen molar-refractivity contribution in [3.63, 3.8) is 0 Å². The summed E-state index contributed by atoms with van der Waals surface area (Å²) in [7, 11) is 0. The first-order valence-corrected chi connectivity index (χ1v) is 6.78. The topological polar surface area (TPSA) is 20.2 Å². The quantitative estimate of drug-likeness (QED) is 0.807. The highest BCUT2D eigenvalue weighted by Crippen LogP contribution is 2.37. The van der Waals surface area contributed by atoms with Crippen molar-refractivity contribution >= 4 is 11.3 Å². The van der Waals surface area contributed by atoms with Crippen molar-refractivity contribution in [1.82, 2.24) is 0 Å². The molecule has 2 heteroatoms. The van der Waals surface area contributed by atoms with Gasteiger partial charge in [-0.15, -0.1) is 11.3 Å². The van der Waals surface area contributed by atoms with E-state index in [2.05, 4.69) is 25.3 Å². The molecular weight excluding hydrogens is 204 g/mol. The van der Waals surface area contributed by atoms with Crippen LogP contribution < -0.4 is 0 Å². The SMILES string of the molecule is Cc1cc(C(O)C2CCC(C)CC2)cs1. The summed E-state index contributed by atoms with van der Waals surface area (Å²) < 4.78 is 0. The van der Waals surface area contributed by atoms with Crippen LogP contribution in [0.1, 0.15) is 49.2 Å². The summed E-state index contributed by atoms with van der Waals surface area (Å²) in [6, 6.07) is 2.13. The number of thiophene rings is 1. The molecule has 1 aromatic heterocycles. The Hall–Kier alpha value is -0.340. The van der Waals surface area contributed by atoms with E-state index in [1.165, 1.54) is 30.6 Å². The van der Waals surface area contributed by atoms with Gasteiger partial charge in [0.1, 0.15) is 0 Å². The molecule has 1 nitrogen and oxygen atoms in total. The van der Waals surface area contributed by atoms with Gasteiger partial charge < -0.3 is 5.11 Å². The summed E-state index contributed by atoms with van der Waals surface area (Å²) in [4.78, 5) is 1.30. The summed E-state index contributed by atoms with van der Waals surface area (Å²) >= 11 is 1.74. The Kier molecular flexibility index (Phi) is 3.47. The van der Waals surface area contributed by atoms with Gasteiger partial charge in [0, 0.05) is 4.88 Å². The minimum atomic E-state index is -0.220. The Morgan fingerprint density at radius 1 is 1.33 bits per heavy atom. The van der Waals surface area contributed by atoms with Gasteiger partial charge >= 0.3 is 0 Å². The van der Waals surface area contributed by atoms with E-state index in [0.29, 0.717) is 5.92 Å². The van der Waals surface area contributed by atoms with Crippen LogP contribution in [-0.2, 0) is 0 Å². The molecule has 0 spiro atoms. The van der Waals surface area contributed by atoms with Gasteiger partial charge in [-0.25, -0.2) is 0 Å². The van der Waals surface area contributed by atoms with Crippen LogP contribution in [0.2, 0.25) is 0 Å². The molecule has 2 rings (SSSR count). The molecule has 0 saturated heterocycles. The zero-order valence-corrected chi connectivity index (χ0v) is 10.4. The van der Waals surface area contributed by atoms with E-state index >= 15 is 0 Å². The van der Waals surface area contributed by atoms with E-state index in [-0.39, 0.29) is 6.10 Å². The normalized spacial score (nSPS) is 29.0. The van der Waals surface area contributed by atoms with Gasteiger partial charge in [0.25, 0.3) is 0 Å². The van der Waals surface area contributed by atoms with Gasteiger partial charge in [-0.05, 0) is 48.6 Å². The van der Waals surface area contributed by atoms with Crippen molar-refractivity contribution in [2.24, 2.45) is 11.8 Å². The lowest BCUT2D eigenvalue weighted by Crippen LogP contribution is -2.18. The van der Waals surface area contributed by atoms with E-state index in [4.69, 9.17) is 0 Å². The van der Waals surface area contributed by atoms with Crippen molar-refractivity contribution in [2.75, 3.05) is 0 Å². The van der Waals surface area contributed by atoms with E-state index in [1.54, 1.807) is 11.3 Å². The zero-order valence-electron chi connectivity index (χ0n) is 9.57. The summed E-state index contributed by atoms with van der Waals surface area (Å²) in [5.41, 5.74) is 1.14. The lowest BCUT2D eigenvalue weighted by Gasteiger charge is -2.29. The lowest BCUT2D eigenvalue weighted by molar-refractivity contribution is 0.0759. The average Bonchev–Trinajstić information content (AvgIpc) is 2.65. The fourth-order valence-electron chi connectivity index (χ4n) is 2.49. The Balaban J connectivity index is 1.99. The Labute approximate surface area is 96.1 Å². The van der Waals surface area contributed by atoms with Crippen molar-refractivity contribution in [2.45, 2.75) is 45.6 Å². The molecule has 0 aromatic carbocycles. The number of aryl methyl sites for hydroxylation is 1. The third-order valence-corrected chi connectivity index (χ3v) is 4.48. The standard InChI is InChI=1S/C13H20OS/c1-9-3-5-11(6-4-9)13(14)12-7-10(2)15-8-12/h7-9,11,13-14H,3-6H2,1-2H3. The monoisotopic (exact) mass is 224 g/mol. The molecular formula is C13H20OS. The van der Waals surface area contributed by atoms with Crippen LogP contribution in [-0.4, -0.2) is 5.11 Å². The molecule has 0 bridgehead atoms. The number of hydrogen-bond donors (Lipinski definition) is 1. The fourth-order valence-corrected chi connectivity index (χ4v) is 3.23. The van der Waals surface area contributed by atoms with E-state index in [0.717, 1.165) is 11.5 Å². The first-order chi connectivity index (χ1) is 7.16.